The first-order valence-electron chi connectivity index (χ1n) is 9.04. The van der Waals surface area contributed by atoms with E-state index in [2.05, 4.69) is 6.92 Å². The summed E-state index contributed by atoms with van der Waals surface area (Å²) >= 11 is 0. The van der Waals surface area contributed by atoms with E-state index in [9.17, 15) is 18.1 Å². The monoisotopic (exact) mass is 358 g/mol. The molecule has 0 fully saturated rings. The van der Waals surface area contributed by atoms with Gasteiger partial charge in [0.15, 0.2) is 0 Å². The maximum Gasteiger partial charge on any atom is 1.00 e. The molecule has 0 amide bonds. The predicted octanol–water partition coefficient (Wildman–Crippen LogP) is 1.38. The largest absolute Gasteiger partial charge is 1.00 e. The predicted molar refractivity (Wildman–Crippen MR) is 90.9 cm³/mol. The van der Waals surface area contributed by atoms with E-state index in [4.69, 9.17) is 0 Å². The standard InChI is InChI=1S/C17H36O4S.Na/c1-3-5-6-7-11-14-17(22(19,20)21)15-12-9-8-10-13-16(18)4-2;/h16-18H,3-15H2,1-2H3,(H,19,20,21);/q;+1/p-1. The van der Waals surface area contributed by atoms with Gasteiger partial charge in [0.1, 0.15) is 0 Å². The van der Waals surface area contributed by atoms with Crippen LogP contribution in [0, 0.1) is 0 Å². The molecule has 0 radical (unpaired) electrons. The number of hydrogen-bond acceptors (Lipinski definition) is 4. The van der Waals surface area contributed by atoms with E-state index in [1.54, 1.807) is 0 Å². The molecule has 4 nitrogen and oxygen atoms in total. The van der Waals surface area contributed by atoms with Crippen LogP contribution >= 0.6 is 0 Å². The van der Waals surface area contributed by atoms with Crippen molar-refractivity contribution in [2.75, 3.05) is 0 Å². The minimum atomic E-state index is -4.16. The minimum Gasteiger partial charge on any atom is -0.748 e. The van der Waals surface area contributed by atoms with E-state index >= 15 is 0 Å². The molecular weight excluding hydrogens is 323 g/mol. The molecule has 23 heavy (non-hydrogen) atoms. The molecule has 2 unspecified atom stereocenters. The van der Waals surface area contributed by atoms with E-state index in [-0.39, 0.29) is 35.7 Å². The third-order valence-corrected chi connectivity index (χ3v) is 5.61. The summed E-state index contributed by atoms with van der Waals surface area (Å²) < 4.78 is 33.9. The number of unbranched alkanes of at least 4 members (excludes halogenated alkanes) is 7. The third-order valence-electron chi connectivity index (χ3n) is 4.32. The second-order valence-corrected chi connectivity index (χ2v) is 8.02. The Labute approximate surface area is 165 Å². The van der Waals surface area contributed by atoms with Gasteiger partial charge in [0.05, 0.1) is 16.2 Å². The average Bonchev–Trinajstić information content (AvgIpc) is 2.46. The van der Waals surface area contributed by atoms with Gasteiger partial charge in [-0.3, -0.25) is 0 Å². The zero-order chi connectivity index (χ0) is 16.8. The van der Waals surface area contributed by atoms with Crippen molar-refractivity contribution >= 4 is 10.1 Å². The Kier molecular flexibility index (Phi) is 18.5. The normalized spacial score (nSPS) is 14.3. The summed E-state index contributed by atoms with van der Waals surface area (Å²) in [6.07, 6.45) is 11.4. The molecule has 0 aliphatic carbocycles. The SMILES string of the molecule is CCCCCCCC(CCCCCCC(O)CC)S(=O)(=O)[O-].[Na+]. The second kappa shape index (κ2) is 16.3. The van der Waals surface area contributed by atoms with Crippen molar-refractivity contribution in [3.63, 3.8) is 0 Å². The first-order valence-corrected chi connectivity index (χ1v) is 10.5. The smallest absolute Gasteiger partial charge is 0.748 e. The Morgan fingerprint density at radius 3 is 1.65 bits per heavy atom. The van der Waals surface area contributed by atoms with Crippen LogP contribution in [-0.4, -0.2) is 29.4 Å². The van der Waals surface area contributed by atoms with E-state index in [0.29, 0.717) is 12.8 Å². The number of aliphatic hydroxyl groups excluding tert-OH is 1. The molecule has 1 N–H and O–H groups in total. The topological polar surface area (TPSA) is 77.4 Å². The van der Waals surface area contributed by atoms with Gasteiger partial charge < -0.3 is 9.66 Å². The molecular formula is C17H35NaO4S. The fourth-order valence-corrected chi connectivity index (χ4v) is 3.63. The molecule has 0 heterocycles. The van der Waals surface area contributed by atoms with E-state index < -0.39 is 15.4 Å². The van der Waals surface area contributed by atoms with Crippen LogP contribution in [0.25, 0.3) is 0 Å². The van der Waals surface area contributed by atoms with Crippen LogP contribution in [0.5, 0.6) is 0 Å². The summed E-state index contributed by atoms with van der Waals surface area (Å²) in [5.41, 5.74) is 0. The Morgan fingerprint density at radius 1 is 0.826 bits per heavy atom. The molecule has 0 bridgehead atoms. The van der Waals surface area contributed by atoms with Crippen LogP contribution < -0.4 is 29.6 Å². The van der Waals surface area contributed by atoms with Gasteiger partial charge in [-0.1, -0.05) is 71.6 Å². The Balaban J connectivity index is 0. The molecule has 0 saturated heterocycles. The molecule has 0 aromatic carbocycles. The summed E-state index contributed by atoms with van der Waals surface area (Å²) in [7, 11) is -4.16. The van der Waals surface area contributed by atoms with Crippen LogP contribution in [0.4, 0.5) is 0 Å². The fraction of sp³-hybridized carbons (Fsp3) is 1.00. The van der Waals surface area contributed by atoms with Gasteiger partial charge in [-0.25, -0.2) is 8.42 Å². The van der Waals surface area contributed by atoms with Gasteiger partial charge in [0.25, 0.3) is 0 Å². The number of hydrogen-bond donors (Lipinski definition) is 1. The molecule has 0 aromatic rings. The average molecular weight is 359 g/mol. The molecule has 6 heteroatoms. The summed E-state index contributed by atoms with van der Waals surface area (Å²) in [5.74, 6) is 0. The van der Waals surface area contributed by atoms with Crippen LogP contribution in [0.2, 0.25) is 0 Å². The molecule has 0 aliphatic rings. The number of rotatable bonds is 15. The van der Waals surface area contributed by atoms with Crippen molar-refractivity contribution in [3.05, 3.63) is 0 Å². The van der Waals surface area contributed by atoms with Crippen LogP contribution in [-0.2, 0) is 10.1 Å². The Hall–Kier alpha value is 0.870. The van der Waals surface area contributed by atoms with Crippen molar-refractivity contribution in [2.24, 2.45) is 0 Å². The van der Waals surface area contributed by atoms with Crippen LogP contribution in [0.1, 0.15) is 97.3 Å². The van der Waals surface area contributed by atoms with E-state index in [1.165, 1.54) is 6.42 Å². The third kappa shape index (κ3) is 16.1. The summed E-state index contributed by atoms with van der Waals surface area (Å²) in [4.78, 5) is 0. The van der Waals surface area contributed by atoms with Gasteiger partial charge >= 0.3 is 29.6 Å². The van der Waals surface area contributed by atoms with Crippen molar-refractivity contribution in [1.82, 2.24) is 0 Å². The molecule has 0 aliphatic heterocycles. The minimum absolute atomic E-state index is 0. The van der Waals surface area contributed by atoms with E-state index in [0.717, 1.165) is 64.2 Å². The van der Waals surface area contributed by atoms with Gasteiger partial charge in [0.2, 0.25) is 0 Å². The quantitative estimate of drug-likeness (QED) is 0.272. The van der Waals surface area contributed by atoms with Crippen LogP contribution in [0.3, 0.4) is 0 Å². The molecule has 0 spiro atoms. The molecule has 0 saturated carbocycles. The van der Waals surface area contributed by atoms with E-state index in [1.807, 2.05) is 6.92 Å². The van der Waals surface area contributed by atoms with Gasteiger partial charge in [-0.15, -0.1) is 0 Å². The zero-order valence-corrected chi connectivity index (χ0v) is 18.2. The molecule has 134 valence electrons. The van der Waals surface area contributed by atoms with Crippen molar-refractivity contribution in [2.45, 2.75) is 109 Å². The van der Waals surface area contributed by atoms with Crippen molar-refractivity contribution < 1.29 is 47.6 Å². The Morgan fingerprint density at radius 2 is 1.26 bits per heavy atom. The molecule has 2 atom stereocenters. The van der Waals surface area contributed by atoms with Gasteiger partial charge in [0, 0.05) is 5.25 Å². The van der Waals surface area contributed by atoms with Crippen molar-refractivity contribution in [1.29, 1.82) is 0 Å². The number of aliphatic hydroxyl groups is 1. The molecule has 0 aromatic heterocycles. The first-order chi connectivity index (χ1) is 10.4. The maximum absolute atomic E-state index is 11.3. The zero-order valence-electron chi connectivity index (χ0n) is 15.4. The summed E-state index contributed by atoms with van der Waals surface area (Å²) in [6.45, 7) is 4.11. The fourth-order valence-electron chi connectivity index (χ4n) is 2.72. The first kappa shape index (κ1) is 26.1. The Bertz CT molecular complexity index is 347. The van der Waals surface area contributed by atoms with Gasteiger partial charge in [-0.2, -0.15) is 0 Å². The second-order valence-electron chi connectivity index (χ2n) is 6.37. The summed E-state index contributed by atoms with van der Waals surface area (Å²) in [5, 5.41) is 8.75. The summed E-state index contributed by atoms with van der Waals surface area (Å²) in [6, 6.07) is 0. The van der Waals surface area contributed by atoms with Crippen LogP contribution in [0.15, 0.2) is 0 Å². The van der Waals surface area contributed by atoms with Gasteiger partial charge in [-0.05, 0) is 25.7 Å². The van der Waals surface area contributed by atoms with Crippen molar-refractivity contribution in [3.8, 4) is 0 Å². The maximum atomic E-state index is 11.3. The molecule has 0 rings (SSSR count).